The average molecular weight is 185 g/mol. The van der Waals surface area contributed by atoms with Crippen LogP contribution in [0.25, 0.3) is 0 Å². The Labute approximate surface area is 75.2 Å². The molecule has 0 saturated heterocycles. The molecule has 0 aromatic carbocycles. The van der Waals surface area contributed by atoms with Gasteiger partial charge in [-0.2, -0.15) is 5.10 Å². The van der Waals surface area contributed by atoms with Crippen LogP contribution in [-0.4, -0.2) is 19.9 Å². The molecule has 1 aliphatic carbocycles. The maximum Gasteiger partial charge on any atom is 0.195 e. The zero-order valence-corrected chi connectivity index (χ0v) is 7.64. The Hall–Kier alpha value is -0.680. The minimum atomic E-state index is -0.0453. The fraction of sp³-hybridized carbons (Fsp3) is 0.714. The Balaban J connectivity index is 2.40. The molecule has 4 nitrogen and oxygen atoms in total. The van der Waals surface area contributed by atoms with Crippen molar-refractivity contribution in [2.24, 2.45) is 5.92 Å². The van der Waals surface area contributed by atoms with Gasteiger partial charge in [0.25, 0.3) is 0 Å². The minimum absolute atomic E-state index is 0.0453. The molecule has 0 bridgehead atoms. The quantitative estimate of drug-likeness (QED) is 0.676. The van der Waals surface area contributed by atoms with Gasteiger partial charge in [-0.3, -0.25) is 9.67 Å². The van der Waals surface area contributed by atoms with E-state index in [0.29, 0.717) is 22.6 Å². The molecule has 1 aromatic rings. The lowest BCUT2D eigenvalue weighted by atomic mass is 10.4. The van der Waals surface area contributed by atoms with Gasteiger partial charge >= 0.3 is 0 Å². The highest BCUT2D eigenvalue weighted by Crippen LogP contribution is 2.43. The van der Waals surface area contributed by atoms with Crippen LogP contribution in [0.5, 0.6) is 0 Å². The normalized spacial score (nSPS) is 27.5. The van der Waals surface area contributed by atoms with Crippen molar-refractivity contribution in [3.05, 3.63) is 10.6 Å². The Bertz CT molecular complexity index is 343. The second kappa shape index (κ2) is 2.67. The van der Waals surface area contributed by atoms with Crippen molar-refractivity contribution in [3.8, 4) is 0 Å². The Kier molecular flexibility index (Phi) is 1.77. The van der Waals surface area contributed by atoms with E-state index in [-0.39, 0.29) is 6.61 Å². The highest BCUT2D eigenvalue weighted by Gasteiger charge is 2.36. The molecule has 66 valence electrons. The molecule has 12 heavy (non-hydrogen) atoms. The molecule has 1 saturated carbocycles. The molecule has 1 aliphatic rings. The third-order valence-electron chi connectivity index (χ3n) is 2.32. The molecule has 1 aromatic heterocycles. The standard InChI is InChI=1S/C7H11N3OS/c1-4-2-5(4)10-6(3-11)8-9-7(10)12/h4-5,11H,2-3H2,1H3,(H,9,12). The molecule has 0 radical (unpaired) electrons. The van der Waals surface area contributed by atoms with Crippen molar-refractivity contribution < 1.29 is 5.11 Å². The van der Waals surface area contributed by atoms with Crippen LogP contribution in [0, 0.1) is 10.7 Å². The fourth-order valence-corrected chi connectivity index (χ4v) is 1.74. The molecule has 0 amide bonds. The van der Waals surface area contributed by atoms with Gasteiger partial charge < -0.3 is 5.11 Å². The van der Waals surface area contributed by atoms with Gasteiger partial charge in [0, 0.05) is 6.04 Å². The van der Waals surface area contributed by atoms with E-state index in [1.165, 1.54) is 0 Å². The summed E-state index contributed by atoms with van der Waals surface area (Å²) < 4.78 is 2.54. The van der Waals surface area contributed by atoms with Crippen LogP contribution in [0.3, 0.4) is 0 Å². The highest BCUT2D eigenvalue weighted by molar-refractivity contribution is 7.71. The predicted octanol–water partition coefficient (Wildman–Crippen LogP) is 1.01. The first-order valence-electron chi connectivity index (χ1n) is 4.00. The van der Waals surface area contributed by atoms with Crippen molar-refractivity contribution in [3.63, 3.8) is 0 Å². The summed E-state index contributed by atoms with van der Waals surface area (Å²) in [4.78, 5) is 0. The molecule has 5 heteroatoms. The van der Waals surface area contributed by atoms with Crippen molar-refractivity contribution in [2.45, 2.75) is 26.0 Å². The van der Waals surface area contributed by atoms with Gasteiger partial charge in [0.1, 0.15) is 6.61 Å². The number of hydrogen-bond acceptors (Lipinski definition) is 3. The number of hydrogen-bond donors (Lipinski definition) is 2. The molecule has 1 heterocycles. The monoisotopic (exact) mass is 185 g/mol. The second-order valence-corrected chi connectivity index (χ2v) is 3.64. The van der Waals surface area contributed by atoms with Crippen LogP contribution >= 0.6 is 12.2 Å². The topological polar surface area (TPSA) is 53.8 Å². The van der Waals surface area contributed by atoms with Gasteiger partial charge in [0.2, 0.25) is 0 Å². The van der Waals surface area contributed by atoms with E-state index >= 15 is 0 Å². The van der Waals surface area contributed by atoms with E-state index in [2.05, 4.69) is 17.1 Å². The van der Waals surface area contributed by atoms with Gasteiger partial charge in [-0.05, 0) is 24.6 Å². The first kappa shape index (κ1) is 7.94. The molecule has 2 atom stereocenters. The van der Waals surface area contributed by atoms with E-state index in [1.807, 2.05) is 4.57 Å². The average Bonchev–Trinajstić information content (AvgIpc) is 2.62. The number of nitrogens with one attached hydrogen (secondary N) is 1. The maximum absolute atomic E-state index is 8.95. The summed E-state index contributed by atoms with van der Waals surface area (Å²) in [6.07, 6.45) is 1.14. The number of H-pyrrole nitrogens is 1. The molecular weight excluding hydrogens is 174 g/mol. The number of aromatic amines is 1. The second-order valence-electron chi connectivity index (χ2n) is 3.25. The zero-order valence-electron chi connectivity index (χ0n) is 6.82. The van der Waals surface area contributed by atoms with Crippen molar-refractivity contribution in [1.82, 2.24) is 14.8 Å². The summed E-state index contributed by atoms with van der Waals surface area (Å²) in [5.74, 6) is 1.31. The van der Waals surface area contributed by atoms with Crippen LogP contribution in [0.1, 0.15) is 25.2 Å². The summed E-state index contributed by atoms with van der Waals surface area (Å²) in [6, 6.07) is 0.457. The Morgan fingerprint density at radius 3 is 3.00 bits per heavy atom. The molecule has 0 spiro atoms. The molecule has 2 unspecified atom stereocenters. The van der Waals surface area contributed by atoms with E-state index in [0.717, 1.165) is 6.42 Å². The van der Waals surface area contributed by atoms with Gasteiger partial charge in [-0.15, -0.1) is 0 Å². The van der Waals surface area contributed by atoms with Crippen molar-refractivity contribution >= 4 is 12.2 Å². The van der Waals surface area contributed by atoms with E-state index in [9.17, 15) is 0 Å². The van der Waals surface area contributed by atoms with Crippen LogP contribution in [0.4, 0.5) is 0 Å². The SMILES string of the molecule is CC1CC1n1c(CO)n[nH]c1=S. The largest absolute Gasteiger partial charge is 0.388 e. The minimum Gasteiger partial charge on any atom is -0.388 e. The van der Waals surface area contributed by atoms with Crippen LogP contribution in [0.15, 0.2) is 0 Å². The lowest BCUT2D eigenvalue weighted by Gasteiger charge is -2.01. The van der Waals surface area contributed by atoms with E-state index in [1.54, 1.807) is 0 Å². The van der Waals surface area contributed by atoms with Gasteiger partial charge in [-0.1, -0.05) is 6.92 Å². The zero-order chi connectivity index (χ0) is 8.72. The van der Waals surface area contributed by atoms with Gasteiger partial charge in [0.05, 0.1) is 0 Å². The molecule has 1 fully saturated rings. The number of aliphatic hydroxyl groups excluding tert-OH is 1. The molecule has 2 rings (SSSR count). The van der Waals surface area contributed by atoms with Crippen LogP contribution in [-0.2, 0) is 6.61 Å². The highest BCUT2D eigenvalue weighted by atomic mass is 32.1. The Morgan fingerprint density at radius 1 is 1.83 bits per heavy atom. The van der Waals surface area contributed by atoms with Crippen molar-refractivity contribution in [1.29, 1.82) is 0 Å². The van der Waals surface area contributed by atoms with Gasteiger partial charge in [0.15, 0.2) is 10.6 Å². The summed E-state index contributed by atoms with van der Waals surface area (Å²) >= 11 is 5.04. The number of rotatable bonds is 2. The number of aromatic nitrogens is 3. The predicted molar refractivity (Wildman–Crippen MR) is 46.2 cm³/mol. The summed E-state index contributed by atoms with van der Waals surface area (Å²) in [7, 11) is 0. The Morgan fingerprint density at radius 2 is 2.50 bits per heavy atom. The first-order valence-corrected chi connectivity index (χ1v) is 4.41. The van der Waals surface area contributed by atoms with Crippen LogP contribution in [0.2, 0.25) is 0 Å². The smallest absolute Gasteiger partial charge is 0.195 e. The van der Waals surface area contributed by atoms with E-state index in [4.69, 9.17) is 17.3 Å². The van der Waals surface area contributed by atoms with Gasteiger partial charge in [-0.25, -0.2) is 0 Å². The first-order chi connectivity index (χ1) is 5.74. The summed E-state index contributed by atoms with van der Waals surface area (Å²) in [5.41, 5.74) is 0. The lowest BCUT2D eigenvalue weighted by molar-refractivity contribution is 0.264. The fourth-order valence-electron chi connectivity index (χ4n) is 1.45. The third kappa shape index (κ3) is 1.09. The van der Waals surface area contributed by atoms with Crippen molar-refractivity contribution in [2.75, 3.05) is 0 Å². The maximum atomic E-state index is 8.95. The van der Waals surface area contributed by atoms with Crippen LogP contribution < -0.4 is 0 Å². The summed E-state index contributed by atoms with van der Waals surface area (Å²) in [6.45, 7) is 2.12. The summed E-state index contributed by atoms with van der Waals surface area (Å²) in [5, 5.41) is 15.6. The third-order valence-corrected chi connectivity index (χ3v) is 2.61. The van der Waals surface area contributed by atoms with E-state index < -0.39 is 0 Å². The molecular formula is C7H11N3OS. The molecule has 2 N–H and O–H groups in total. The molecule has 0 aliphatic heterocycles. The lowest BCUT2D eigenvalue weighted by Crippen LogP contribution is -2.02. The number of nitrogens with zero attached hydrogens (tertiary/aromatic N) is 2. The number of aliphatic hydroxyl groups is 1.